The predicted octanol–water partition coefficient (Wildman–Crippen LogP) is 2.90. The fourth-order valence-electron chi connectivity index (χ4n) is 2.03. The molecular weight excluding hydrogens is 335 g/mol. The van der Waals surface area contributed by atoms with E-state index in [1.807, 2.05) is 0 Å². The van der Waals surface area contributed by atoms with Gasteiger partial charge in [0.2, 0.25) is 5.91 Å². The minimum absolute atomic E-state index is 0.137. The standard InChI is InChI=1S/C16H17FN2O4S/c1-10-4-5-12(8-15(10)18-11(2)20)19-24(21,22)13-6-7-14(17)16(9-13)23-3/h4-9,19H,1-3H3,(H,18,20). The van der Waals surface area contributed by atoms with E-state index in [-0.39, 0.29) is 22.2 Å². The number of methoxy groups -OCH3 is 1. The van der Waals surface area contributed by atoms with Gasteiger partial charge in [-0.2, -0.15) is 0 Å². The van der Waals surface area contributed by atoms with Crippen LogP contribution in [0.1, 0.15) is 12.5 Å². The third kappa shape index (κ3) is 4.02. The number of ether oxygens (including phenoxy) is 1. The van der Waals surface area contributed by atoms with Gasteiger partial charge in [-0.05, 0) is 36.8 Å². The lowest BCUT2D eigenvalue weighted by Crippen LogP contribution is -2.14. The number of nitrogens with one attached hydrogen (secondary N) is 2. The number of sulfonamides is 1. The van der Waals surface area contributed by atoms with E-state index < -0.39 is 15.8 Å². The smallest absolute Gasteiger partial charge is 0.262 e. The van der Waals surface area contributed by atoms with Crippen molar-refractivity contribution in [2.75, 3.05) is 17.1 Å². The fourth-order valence-corrected chi connectivity index (χ4v) is 3.10. The molecule has 0 aliphatic rings. The number of hydrogen-bond acceptors (Lipinski definition) is 4. The highest BCUT2D eigenvalue weighted by Crippen LogP contribution is 2.25. The lowest BCUT2D eigenvalue weighted by molar-refractivity contribution is -0.114. The molecule has 0 bridgehead atoms. The van der Waals surface area contributed by atoms with Crippen LogP contribution in [0.2, 0.25) is 0 Å². The van der Waals surface area contributed by atoms with Gasteiger partial charge in [-0.15, -0.1) is 0 Å². The Kier molecular flexibility index (Phi) is 5.08. The average Bonchev–Trinajstić information content (AvgIpc) is 2.50. The third-order valence-electron chi connectivity index (χ3n) is 3.23. The van der Waals surface area contributed by atoms with Gasteiger partial charge in [0.1, 0.15) is 0 Å². The number of carbonyl (C=O) groups is 1. The van der Waals surface area contributed by atoms with Crippen molar-refractivity contribution in [3.63, 3.8) is 0 Å². The zero-order chi connectivity index (χ0) is 17.9. The van der Waals surface area contributed by atoms with Crippen molar-refractivity contribution in [2.24, 2.45) is 0 Å². The molecule has 0 radical (unpaired) electrons. The van der Waals surface area contributed by atoms with Crippen molar-refractivity contribution in [1.29, 1.82) is 0 Å². The molecule has 1 amide bonds. The van der Waals surface area contributed by atoms with Crippen LogP contribution in [0.4, 0.5) is 15.8 Å². The Labute approximate surface area is 139 Å². The summed E-state index contributed by atoms with van der Waals surface area (Å²) in [5.41, 5.74) is 1.56. The molecule has 128 valence electrons. The van der Waals surface area contributed by atoms with Crippen LogP contribution in [0.5, 0.6) is 5.75 Å². The van der Waals surface area contributed by atoms with E-state index in [0.29, 0.717) is 5.69 Å². The summed E-state index contributed by atoms with van der Waals surface area (Å²) in [7, 11) is -2.68. The largest absolute Gasteiger partial charge is 0.494 e. The van der Waals surface area contributed by atoms with E-state index in [1.54, 1.807) is 19.1 Å². The summed E-state index contributed by atoms with van der Waals surface area (Å²) in [5.74, 6) is -1.08. The third-order valence-corrected chi connectivity index (χ3v) is 4.61. The van der Waals surface area contributed by atoms with Crippen LogP contribution in [0.25, 0.3) is 0 Å². The topological polar surface area (TPSA) is 84.5 Å². The molecule has 2 N–H and O–H groups in total. The summed E-state index contributed by atoms with van der Waals surface area (Å²) in [5, 5.41) is 2.62. The summed E-state index contributed by atoms with van der Waals surface area (Å²) in [4.78, 5) is 11.1. The molecule has 0 heterocycles. The van der Waals surface area contributed by atoms with Crippen LogP contribution in [0.3, 0.4) is 0 Å². The van der Waals surface area contributed by atoms with Crippen molar-refractivity contribution in [2.45, 2.75) is 18.7 Å². The number of anilines is 2. The number of halogens is 1. The van der Waals surface area contributed by atoms with Gasteiger partial charge in [0.15, 0.2) is 11.6 Å². The SMILES string of the molecule is COc1cc(S(=O)(=O)Nc2ccc(C)c(NC(C)=O)c2)ccc1F. The molecular formula is C16H17FN2O4S. The fraction of sp³-hybridized carbons (Fsp3) is 0.188. The maximum absolute atomic E-state index is 13.4. The molecule has 0 unspecified atom stereocenters. The molecule has 2 aromatic rings. The molecule has 0 atom stereocenters. The Morgan fingerprint density at radius 1 is 1.17 bits per heavy atom. The summed E-state index contributed by atoms with van der Waals surface area (Å²) in [6, 6.07) is 8.01. The number of amides is 1. The molecule has 0 saturated carbocycles. The second kappa shape index (κ2) is 6.88. The van der Waals surface area contributed by atoms with Gasteiger partial charge < -0.3 is 10.1 Å². The molecule has 0 fully saturated rings. The van der Waals surface area contributed by atoms with Crippen molar-refractivity contribution in [1.82, 2.24) is 0 Å². The normalized spacial score (nSPS) is 11.0. The Hall–Kier alpha value is -2.61. The first-order valence-electron chi connectivity index (χ1n) is 6.97. The van der Waals surface area contributed by atoms with Crippen LogP contribution in [0, 0.1) is 12.7 Å². The Balaban J connectivity index is 2.34. The summed E-state index contributed by atoms with van der Waals surface area (Å²) in [6.07, 6.45) is 0. The zero-order valence-electron chi connectivity index (χ0n) is 13.4. The highest BCUT2D eigenvalue weighted by atomic mass is 32.2. The van der Waals surface area contributed by atoms with Gasteiger partial charge in [0.25, 0.3) is 10.0 Å². The molecule has 0 aliphatic heterocycles. The number of aryl methyl sites for hydroxylation is 1. The highest BCUT2D eigenvalue weighted by Gasteiger charge is 2.17. The average molecular weight is 352 g/mol. The predicted molar refractivity (Wildman–Crippen MR) is 89.2 cm³/mol. The molecule has 0 aromatic heterocycles. The van der Waals surface area contributed by atoms with E-state index in [0.717, 1.165) is 23.8 Å². The van der Waals surface area contributed by atoms with Gasteiger partial charge in [0, 0.05) is 18.7 Å². The maximum atomic E-state index is 13.4. The Morgan fingerprint density at radius 3 is 2.50 bits per heavy atom. The van der Waals surface area contributed by atoms with Crippen LogP contribution < -0.4 is 14.8 Å². The first-order chi connectivity index (χ1) is 11.2. The van der Waals surface area contributed by atoms with Crippen LogP contribution >= 0.6 is 0 Å². The van der Waals surface area contributed by atoms with E-state index in [9.17, 15) is 17.6 Å². The van der Waals surface area contributed by atoms with Gasteiger partial charge >= 0.3 is 0 Å². The van der Waals surface area contributed by atoms with Crippen LogP contribution in [-0.4, -0.2) is 21.4 Å². The minimum Gasteiger partial charge on any atom is -0.494 e. The molecule has 0 saturated heterocycles. The first-order valence-corrected chi connectivity index (χ1v) is 8.46. The lowest BCUT2D eigenvalue weighted by atomic mass is 10.2. The second-order valence-electron chi connectivity index (χ2n) is 5.11. The molecule has 24 heavy (non-hydrogen) atoms. The molecule has 6 nitrogen and oxygen atoms in total. The number of hydrogen-bond donors (Lipinski definition) is 2. The highest BCUT2D eigenvalue weighted by molar-refractivity contribution is 7.92. The summed E-state index contributed by atoms with van der Waals surface area (Å²) >= 11 is 0. The maximum Gasteiger partial charge on any atom is 0.262 e. The number of benzene rings is 2. The zero-order valence-corrected chi connectivity index (χ0v) is 14.2. The Bertz CT molecular complexity index is 882. The van der Waals surface area contributed by atoms with Crippen molar-refractivity contribution < 1.29 is 22.3 Å². The molecule has 8 heteroatoms. The first kappa shape index (κ1) is 17.7. The summed E-state index contributed by atoms with van der Waals surface area (Å²) < 4.78 is 45.5. The summed E-state index contributed by atoms with van der Waals surface area (Å²) in [6.45, 7) is 3.15. The van der Waals surface area contributed by atoms with E-state index >= 15 is 0 Å². The van der Waals surface area contributed by atoms with Gasteiger partial charge in [-0.1, -0.05) is 6.07 Å². The second-order valence-corrected chi connectivity index (χ2v) is 6.80. The van der Waals surface area contributed by atoms with E-state index in [2.05, 4.69) is 10.0 Å². The van der Waals surface area contributed by atoms with Crippen molar-refractivity contribution in [3.8, 4) is 5.75 Å². The van der Waals surface area contributed by atoms with Crippen molar-refractivity contribution in [3.05, 3.63) is 47.8 Å². The van der Waals surface area contributed by atoms with Gasteiger partial charge in [0.05, 0.1) is 17.7 Å². The minimum atomic E-state index is -3.93. The lowest BCUT2D eigenvalue weighted by Gasteiger charge is -2.12. The van der Waals surface area contributed by atoms with E-state index in [4.69, 9.17) is 4.74 Å². The van der Waals surface area contributed by atoms with Crippen LogP contribution in [0.15, 0.2) is 41.3 Å². The van der Waals surface area contributed by atoms with Gasteiger partial charge in [-0.3, -0.25) is 9.52 Å². The molecule has 2 rings (SSSR count). The molecule has 0 aliphatic carbocycles. The quantitative estimate of drug-likeness (QED) is 0.866. The molecule has 0 spiro atoms. The van der Waals surface area contributed by atoms with Crippen molar-refractivity contribution >= 4 is 27.3 Å². The number of rotatable bonds is 5. The van der Waals surface area contributed by atoms with Crippen LogP contribution in [-0.2, 0) is 14.8 Å². The number of carbonyl (C=O) groups excluding carboxylic acids is 1. The van der Waals surface area contributed by atoms with E-state index in [1.165, 1.54) is 20.1 Å². The molecule has 2 aromatic carbocycles. The Morgan fingerprint density at radius 2 is 1.88 bits per heavy atom. The van der Waals surface area contributed by atoms with Gasteiger partial charge in [-0.25, -0.2) is 12.8 Å². The monoisotopic (exact) mass is 352 g/mol.